The molecule has 3 heteroatoms. The number of hydrogen-bond acceptors (Lipinski definition) is 2. The molecule has 0 unspecified atom stereocenters. The number of rotatable bonds is 2. The van der Waals surface area contributed by atoms with Gasteiger partial charge in [0.1, 0.15) is 0 Å². The number of halogens is 1. The quantitative estimate of drug-likeness (QED) is 0.538. The molecule has 2 nitrogen and oxygen atoms in total. The van der Waals surface area contributed by atoms with Gasteiger partial charge in [-0.1, -0.05) is 15.9 Å². The molecule has 0 N–H and O–H groups in total. The van der Waals surface area contributed by atoms with E-state index in [1.165, 1.54) is 0 Å². The predicted octanol–water partition coefficient (Wildman–Crippen LogP) is 1.79. The van der Waals surface area contributed by atoms with Crippen LogP contribution >= 0.6 is 15.9 Å². The number of alkyl halides is 1. The second kappa shape index (κ2) is 3.46. The molecular formula is C7H6BrNO. The molecule has 0 atom stereocenters. The van der Waals surface area contributed by atoms with Gasteiger partial charge in [-0.25, -0.2) is 0 Å². The van der Waals surface area contributed by atoms with Gasteiger partial charge in [-0.2, -0.15) is 0 Å². The van der Waals surface area contributed by atoms with Crippen LogP contribution in [0.5, 0.6) is 0 Å². The molecule has 0 radical (unpaired) electrons. The Balaban J connectivity index is 3.08. The average molecular weight is 200 g/mol. The first-order chi connectivity index (χ1) is 4.88. The molecule has 52 valence electrons. The second-order valence-corrected chi connectivity index (χ2v) is 2.35. The molecule has 0 spiro atoms. The Kier molecular flexibility index (Phi) is 2.57. The third-order valence-electron chi connectivity index (χ3n) is 1.18. The van der Waals surface area contributed by atoms with Crippen LogP contribution in [0.25, 0.3) is 0 Å². The molecule has 0 fully saturated rings. The first kappa shape index (κ1) is 7.41. The molecule has 1 aromatic heterocycles. The Morgan fingerprint density at radius 1 is 1.70 bits per heavy atom. The summed E-state index contributed by atoms with van der Waals surface area (Å²) in [6, 6.07) is 3.49. The second-order valence-electron chi connectivity index (χ2n) is 1.79. The normalized spacial score (nSPS) is 9.30. The van der Waals surface area contributed by atoms with Crippen molar-refractivity contribution in [2.45, 2.75) is 5.33 Å². The van der Waals surface area contributed by atoms with Gasteiger partial charge in [-0.3, -0.25) is 9.78 Å². The van der Waals surface area contributed by atoms with Gasteiger partial charge in [0.15, 0.2) is 6.29 Å². The van der Waals surface area contributed by atoms with Crippen molar-refractivity contribution < 1.29 is 4.79 Å². The van der Waals surface area contributed by atoms with E-state index >= 15 is 0 Å². The number of carbonyl (C=O) groups is 1. The maximum Gasteiger partial charge on any atom is 0.151 e. The van der Waals surface area contributed by atoms with Gasteiger partial charge < -0.3 is 0 Å². The predicted molar refractivity (Wildman–Crippen MR) is 42.3 cm³/mol. The third kappa shape index (κ3) is 1.42. The highest BCUT2D eigenvalue weighted by Crippen LogP contribution is 2.05. The van der Waals surface area contributed by atoms with Crippen molar-refractivity contribution in [2.24, 2.45) is 0 Å². The minimum absolute atomic E-state index is 0.627. The summed E-state index contributed by atoms with van der Waals surface area (Å²) in [7, 11) is 0. The van der Waals surface area contributed by atoms with Crippen LogP contribution in [0.4, 0.5) is 0 Å². The lowest BCUT2D eigenvalue weighted by atomic mass is 10.2. The first-order valence-corrected chi connectivity index (χ1v) is 3.95. The topological polar surface area (TPSA) is 30.0 Å². The summed E-state index contributed by atoms with van der Waals surface area (Å²) in [6.07, 6.45) is 2.48. The van der Waals surface area contributed by atoms with Crippen LogP contribution in [0.15, 0.2) is 18.3 Å². The van der Waals surface area contributed by atoms with Crippen LogP contribution in [0, 0.1) is 0 Å². The average Bonchev–Trinajstić information content (AvgIpc) is 2.04. The van der Waals surface area contributed by atoms with Crippen molar-refractivity contribution in [3.05, 3.63) is 29.6 Å². The van der Waals surface area contributed by atoms with Crippen molar-refractivity contribution >= 4 is 22.2 Å². The highest BCUT2D eigenvalue weighted by Gasteiger charge is 1.97. The fourth-order valence-corrected chi connectivity index (χ4v) is 1.14. The Bertz CT molecular complexity index is 237. The van der Waals surface area contributed by atoms with Gasteiger partial charge in [0.05, 0.1) is 5.69 Å². The zero-order valence-electron chi connectivity index (χ0n) is 5.25. The van der Waals surface area contributed by atoms with E-state index in [0.29, 0.717) is 10.9 Å². The SMILES string of the molecule is O=Cc1cccnc1CBr. The highest BCUT2D eigenvalue weighted by atomic mass is 79.9. The Morgan fingerprint density at radius 2 is 2.50 bits per heavy atom. The molecule has 1 aromatic rings. The largest absolute Gasteiger partial charge is 0.298 e. The molecule has 0 aromatic carbocycles. The molecule has 0 saturated heterocycles. The summed E-state index contributed by atoms with van der Waals surface area (Å²) >= 11 is 3.23. The molecule has 10 heavy (non-hydrogen) atoms. The van der Waals surface area contributed by atoms with E-state index in [1.807, 2.05) is 0 Å². The van der Waals surface area contributed by atoms with Gasteiger partial charge in [-0.05, 0) is 12.1 Å². The summed E-state index contributed by atoms with van der Waals surface area (Å²) in [5.41, 5.74) is 1.44. The number of aromatic nitrogens is 1. The first-order valence-electron chi connectivity index (χ1n) is 2.83. The third-order valence-corrected chi connectivity index (χ3v) is 1.71. The number of pyridine rings is 1. The van der Waals surface area contributed by atoms with Crippen molar-refractivity contribution in [3.63, 3.8) is 0 Å². The van der Waals surface area contributed by atoms with Crippen molar-refractivity contribution in [1.29, 1.82) is 0 Å². The van der Waals surface area contributed by atoms with Gasteiger partial charge in [0, 0.05) is 17.1 Å². The molecule has 0 aliphatic rings. The molecular weight excluding hydrogens is 194 g/mol. The monoisotopic (exact) mass is 199 g/mol. The molecule has 0 saturated carbocycles. The summed E-state index contributed by atoms with van der Waals surface area (Å²) in [6.45, 7) is 0. The van der Waals surface area contributed by atoms with E-state index in [0.717, 1.165) is 12.0 Å². The summed E-state index contributed by atoms with van der Waals surface area (Å²) < 4.78 is 0. The van der Waals surface area contributed by atoms with E-state index in [2.05, 4.69) is 20.9 Å². The fraction of sp³-hybridized carbons (Fsp3) is 0.143. The Hall–Kier alpha value is -0.700. The van der Waals surface area contributed by atoms with Crippen molar-refractivity contribution in [3.8, 4) is 0 Å². The van der Waals surface area contributed by atoms with Crippen LogP contribution in [-0.2, 0) is 5.33 Å². The number of hydrogen-bond donors (Lipinski definition) is 0. The minimum Gasteiger partial charge on any atom is -0.298 e. The van der Waals surface area contributed by atoms with E-state index in [9.17, 15) is 4.79 Å². The number of aldehydes is 1. The highest BCUT2D eigenvalue weighted by molar-refractivity contribution is 9.08. The Labute approximate surface area is 67.4 Å². The van der Waals surface area contributed by atoms with Gasteiger partial charge >= 0.3 is 0 Å². The van der Waals surface area contributed by atoms with E-state index in [4.69, 9.17) is 0 Å². The van der Waals surface area contributed by atoms with E-state index in [1.54, 1.807) is 18.3 Å². The summed E-state index contributed by atoms with van der Waals surface area (Å²) in [5.74, 6) is 0. The zero-order valence-corrected chi connectivity index (χ0v) is 6.84. The van der Waals surface area contributed by atoms with Crippen LogP contribution in [0.1, 0.15) is 16.1 Å². The minimum atomic E-state index is 0.627. The van der Waals surface area contributed by atoms with E-state index in [-0.39, 0.29) is 0 Å². The van der Waals surface area contributed by atoms with Crippen LogP contribution in [0.3, 0.4) is 0 Å². The molecule has 1 rings (SSSR count). The van der Waals surface area contributed by atoms with E-state index < -0.39 is 0 Å². The molecule has 0 bridgehead atoms. The fourth-order valence-electron chi connectivity index (χ4n) is 0.669. The molecule has 1 heterocycles. The maximum atomic E-state index is 10.3. The number of carbonyl (C=O) groups excluding carboxylic acids is 1. The van der Waals surface area contributed by atoms with Gasteiger partial charge in [-0.15, -0.1) is 0 Å². The van der Waals surface area contributed by atoms with Gasteiger partial charge in [0.25, 0.3) is 0 Å². The standard InChI is InChI=1S/C7H6BrNO/c8-4-7-6(5-10)2-1-3-9-7/h1-3,5H,4H2. The van der Waals surface area contributed by atoms with Gasteiger partial charge in [0.2, 0.25) is 0 Å². The Morgan fingerprint density at radius 3 is 3.00 bits per heavy atom. The molecule has 0 amide bonds. The van der Waals surface area contributed by atoms with Crippen LogP contribution < -0.4 is 0 Å². The molecule has 0 aliphatic carbocycles. The number of nitrogens with zero attached hydrogens (tertiary/aromatic N) is 1. The maximum absolute atomic E-state index is 10.3. The van der Waals surface area contributed by atoms with Crippen molar-refractivity contribution in [2.75, 3.05) is 0 Å². The van der Waals surface area contributed by atoms with Crippen LogP contribution in [0.2, 0.25) is 0 Å². The lowest BCUT2D eigenvalue weighted by Gasteiger charge is -1.95. The molecule has 0 aliphatic heterocycles. The summed E-state index contributed by atoms with van der Waals surface area (Å²) in [4.78, 5) is 14.3. The zero-order chi connectivity index (χ0) is 7.40. The van der Waals surface area contributed by atoms with Crippen molar-refractivity contribution in [1.82, 2.24) is 4.98 Å². The smallest absolute Gasteiger partial charge is 0.151 e. The summed E-state index contributed by atoms with van der Waals surface area (Å²) in [5, 5.41) is 0.627. The van der Waals surface area contributed by atoms with Crippen LogP contribution in [-0.4, -0.2) is 11.3 Å². The lowest BCUT2D eigenvalue weighted by molar-refractivity contribution is 0.112. The lowest BCUT2D eigenvalue weighted by Crippen LogP contribution is -1.91.